The number of hydrogen-bond donors (Lipinski definition) is 1. The number of carbonyl (C=O) groups is 3. The summed E-state index contributed by atoms with van der Waals surface area (Å²) in [5.74, 6) is -3.41. The third kappa shape index (κ3) is 4.21. The topological polar surface area (TPSA) is 110 Å². The minimum atomic E-state index is -2.52. The molecule has 0 radical (unpaired) electrons. The molecule has 1 fully saturated rings. The van der Waals surface area contributed by atoms with Crippen LogP contribution in [0.2, 0.25) is 0 Å². The number of carbonyl (C=O) groups excluding carboxylic acids is 3. The Morgan fingerprint density at radius 2 is 1.62 bits per heavy atom. The molecule has 3 aliphatic rings. The van der Waals surface area contributed by atoms with Gasteiger partial charge in [-0.1, -0.05) is 73.7 Å². The van der Waals surface area contributed by atoms with Crippen molar-refractivity contribution in [1.29, 1.82) is 0 Å². The van der Waals surface area contributed by atoms with Crippen LogP contribution in [0, 0.1) is 18.8 Å². The summed E-state index contributed by atoms with van der Waals surface area (Å²) in [6.07, 6.45) is 0.233. The lowest BCUT2D eigenvalue weighted by Gasteiger charge is -2.57. The highest BCUT2D eigenvalue weighted by molar-refractivity contribution is 8.02. The molecule has 230 valence electrons. The van der Waals surface area contributed by atoms with E-state index in [1.165, 1.54) is 0 Å². The number of rotatable bonds is 6. The first kappa shape index (κ1) is 29.6. The minimum Gasteiger partial charge on any atom is -0.470 e. The van der Waals surface area contributed by atoms with Gasteiger partial charge in [-0.2, -0.15) is 0 Å². The SMILES string of the molecule is Cc1cccc2c1C(=O)[C@@]1(Sc3ccccc3)C(=O)[C@]3(O)C(=O)c4c(OCc5ccccc5)noc4[C@@H](N(C)C)[C@@H]3C[C@H]1[C@H]2C. The van der Waals surface area contributed by atoms with E-state index in [1.54, 1.807) is 0 Å². The average molecular weight is 623 g/mol. The van der Waals surface area contributed by atoms with Gasteiger partial charge >= 0.3 is 0 Å². The fraction of sp³-hybridized carbons (Fsp3) is 0.333. The second kappa shape index (κ2) is 10.8. The fourth-order valence-corrected chi connectivity index (χ4v) is 9.36. The molecule has 0 saturated heterocycles. The zero-order chi connectivity index (χ0) is 31.7. The van der Waals surface area contributed by atoms with E-state index in [0.717, 1.165) is 28.5 Å². The van der Waals surface area contributed by atoms with Gasteiger partial charge in [0.15, 0.2) is 22.9 Å². The van der Waals surface area contributed by atoms with Crippen LogP contribution >= 0.6 is 11.8 Å². The van der Waals surface area contributed by atoms with E-state index in [0.29, 0.717) is 10.5 Å². The Kier molecular flexibility index (Phi) is 7.11. The van der Waals surface area contributed by atoms with Crippen molar-refractivity contribution in [3.05, 3.63) is 112 Å². The van der Waals surface area contributed by atoms with Gasteiger partial charge in [0.1, 0.15) is 16.9 Å². The maximum absolute atomic E-state index is 15.3. The number of hydrogen-bond acceptors (Lipinski definition) is 9. The van der Waals surface area contributed by atoms with Crippen LogP contribution in [0.15, 0.2) is 88.3 Å². The monoisotopic (exact) mass is 622 g/mol. The Labute approximate surface area is 265 Å². The highest BCUT2D eigenvalue weighted by atomic mass is 32.2. The van der Waals surface area contributed by atoms with Crippen molar-refractivity contribution < 1.29 is 28.8 Å². The highest BCUT2D eigenvalue weighted by Crippen LogP contribution is 2.63. The van der Waals surface area contributed by atoms with Gasteiger partial charge in [0.2, 0.25) is 5.78 Å². The van der Waals surface area contributed by atoms with Crippen molar-refractivity contribution in [2.45, 2.75) is 54.1 Å². The summed E-state index contributed by atoms with van der Waals surface area (Å²) in [5.41, 5.74) is 0.410. The van der Waals surface area contributed by atoms with E-state index in [9.17, 15) is 14.7 Å². The lowest BCUT2D eigenvalue weighted by Crippen LogP contribution is -2.73. The lowest BCUT2D eigenvalue weighted by atomic mass is 9.51. The van der Waals surface area contributed by atoms with Gasteiger partial charge in [0, 0.05) is 16.4 Å². The van der Waals surface area contributed by atoms with E-state index in [1.807, 2.05) is 112 Å². The standard InChI is InChI=1S/C36H34N2O6S/c1-20-12-11-17-24-21(2)25-18-26-29(38(3)4)30-28(33(37-44-30)43-19-22-13-7-5-8-14-22)31(39)35(26,42)34(41)36(25,32(40)27(20)24)45-23-15-9-6-10-16-23/h5-17,21,25-26,29,42H,18-19H2,1-4H3/t21-,25-,26-,29-,35+,36+/m0/s1. The Bertz CT molecular complexity index is 1820. The zero-order valence-electron chi connectivity index (χ0n) is 25.5. The largest absolute Gasteiger partial charge is 0.470 e. The van der Waals surface area contributed by atoms with Gasteiger partial charge in [-0.3, -0.25) is 19.3 Å². The molecule has 0 bridgehead atoms. The lowest BCUT2D eigenvalue weighted by molar-refractivity contribution is -0.152. The maximum Gasteiger partial charge on any atom is 0.265 e. The fourth-order valence-electron chi connectivity index (χ4n) is 7.80. The molecule has 1 saturated carbocycles. The molecule has 0 unspecified atom stereocenters. The van der Waals surface area contributed by atoms with Gasteiger partial charge in [0.05, 0.1) is 6.04 Å². The average Bonchev–Trinajstić information content (AvgIpc) is 3.46. The van der Waals surface area contributed by atoms with E-state index in [4.69, 9.17) is 9.26 Å². The first-order valence-corrected chi connectivity index (χ1v) is 16.0. The molecule has 6 atom stereocenters. The first-order valence-electron chi connectivity index (χ1n) is 15.1. The van der Waals surface area contributed by atoms with Gasteiger partial charge in [0.25, 0.3) is 5.88 Å². The predicted molar refractivity (Wildman–Crippen MR) is 169 cm³/mol. The Morgan fingerprint density at radius 1 is 0.933 bits per heavy atom. The number of aromatic nitrogens is 1. The van der Waals surface area contributed by atoms with Crippen LogP contribution < -0.4 is 4.74 Å². The van der Waals surface area contributed by atoms with Crippen molar-refractivity contribution in [2.75, 3.05) is 14.1 Å². The van der Waals surface area contributed by atoms with Crippen LogP contribution in [0.3, 0.4) is 0 Å². The summed E-state index contributed by atoms with van der Waals surface area (Å²) < 4.78 is 10.0. The molecule has 0 spiro atoms. The summed E-state index contributed by atoms with van der Waals surface area (Å²) in [5, 5.41) is 16.8. The Balaban J connectivity index is 1.41. The number of ketones is 3. The highest BCUT2D eigenvalue weighted by Gasteiger charge is 2.74. The number of thioether (sulfide) groups is 1. The van der Waals surface area contributed by atoms with Gasteiger partial charge in [-0.15, -0.1) is 11.8 Å². The number of aliphatic hydroxyl groups is 1. The number of benzene rings is 3. The van der Waals surface area contributed by atoms with E-state index in [-0.39, 0.29) is 41.9 Å². The molecule has 1 N–H and O–H groups in total. The molecule has 1 aromatic heterocycles. The third-order valence-electron chi connectivity index (χ3n) is 9.92. The summed E-state index contributed by atoms with van der Waals surface area (Å²) in [4.78, 5) is 47.4. The Morgan fingerprint density at radius 3 is 2.31 bits per heavy atom. The summed E-state index contributed by atoms with van der Waals surface area (Å²) in [6, 6.07) is 23.7. The molecule has 8 nitrogen and oxygen atoms in total. The van der Waals surface area contributed by atoms with E-state index in [2.05, 4.69) is 5.16 Å². The molecule has 4 aromatic rings. The van der Waals surface area contributed by atoms with Crippen molar-refractivity contribution in [3.8, 4) is 5.88 Å². The normalized spacial score (nSPS) is 28.7. The van der Waals surface area contributed by atoms with Crippen molar-refractivity contribution in [1.82, 2.24) is 10.1 Å². The molecular formula is C36H34N2O6S. The van der Waals surface area contributed by atoms with Crippen LogP contribution in [0.1, 0.15) is 68.5 Å². The van der Waals surface area contributed by atoms with Crippen LogP contribution in [0.5, 0.6) is 5.88 Å². The molecule has 0 aliphatic heterocycles. The van der Waals surface area contributed by atoms with Crippen molar-refractivity contribution in [3.63, 3.8) is 0 Å². The third-order valence-corrected chi connectivity index (χ3v) is 11.4. The number of fused-ring (bicyclic) bond motifs is 4. The second-order valence-electron chi connectivity index (χ2n) is 12.6. The molecule has 45 heavy (non-hydrogen) atoms. The minimum absolute atomic E-state index is 0.0528. The van der Waals surface area contributed by atoms with Gasteiger partial charge < -0.3 is 14.4 Å². The van der Waals surface area contributed by atoms with Crippen LogP contribution in [0.25, 0.3) is 0 Å². The van der Waals surface area contributed by atoms with Crippen molar-refractivity contribution >= 4 is 29.1 Å². The Hall–Kier alpha value is -4.05. The number of nitrogens with zero attached hydrogens (tertiary/aromatic N) is 2. The molecule has 3 aromatic carbocycles. The molecule has 7 rings (SSSR count). The smallest absolute Gasteiger partial charge is 0.265 e. The molecule has 3 aliphatic carbocycles. The molecule has 1 heterocycles. The van der Waals surface area contributed by atoms with Crippen LogP contribution in [0.4, 0.5) is 0 Å². The van der Waals surface area contributed by atoms with Crippen LogP contribution in [-0.4, -0.2) is 57.0 Å². The predicted octanol–water partition coefficient (Wildman–Crippen LogP) is 5.83. The molecule has 0 amide bonds. The van der Waals surface area contributed by atoms with E-state index >= 15 is 4.79 Å². The second-order valence-corrected chi connectivity index (χ2v) is 13.9. The van der Waals surface area contributed by atoms with Crippen molar-refractivity contribution in [2.24, 2.45) is 11.8 Å². The number of ether oxygens (including phenoxy) is 1. The zero-order valence-corrected chi connectivity index (χ0v) is 26.3. The molecule has 9 heteroatoms. The van der Waals surface area contributed by atoms with Gasteiger partial charge in [-0.05, 0) is 73.3 Å². The van der Waals surface area contributed by atoms with Crippen LogP contribution in [-0.2, 0) is 11.4 Å². The first-order chi connectivity index (χ1) is 21.6. The maximum atomic E-state index is 15.3. The quantitative estimate of drug-likeness (QED) is 0.266. The summed E-state index contributed by atoms with van der Waals surface area (Å²) >= 11 is 1.15. The number of aryl methyl sites for hydroxylation is 1. The number of Topliss-reactive ketones (excluding diaryl/α,β-unsaturated/α-hetero) is 3. The molecular weight excluding hydrogens is 588 g/mol. The summed E-state index contributed by atoms with van der Waals surface area (Å²) in [6.45, 7) is 4.01. The van der Waals surface area contributed by atoms with E-state index < -0.39 is 39.8 Å². The summed E-state index contributed by atoms with van der Waals surface area (Å²) in [7, 11) is 3.63. The van der Waals surface area contributed by atoms with Gasteiger partial charge in [-0.25, -0.2) is 0 Å².